The van der Waals surface area contributed by atoms with Gasteiger partial charge in [0.15, 0.2) is 23.0 Å². The molecule has 2 aromatic rings. The number of fused-ring (bicyclic) bond motifs is 1. The second-order valence-electron chi connectivity index (χ2n) is 10.3. The largest absolute Gasteiger partial charge is 0.493 e. The van der Waals surface area contributed by atoms with Crippen LogP contribution < -0.4 is 18.9 Å². The van der Waals surface area contributed by atoms with Crippen LogP contribution in [0.4, 0.5) is 0 Å². The van der Waals surface area contributed by atoms with Crippen molar-refractivity contribution < 1.29 is 28.5 Å². The van der Waals surface area contributed by atoms with Gasteiger partial charge in [0.2, 0.25) is 12.7 Å². The molecule has 3 aliphatic rings. The maximum atomic E-state index is 14.1. The van der Waals surface area contributed by atoms with Crippen molar-refractivity contribution in [3.05, 3.63) is 47.5 Å². The Kier molecular flexibility index (Phi) is 7.44. The maximum absolute atomic E-state index is 14.1. The summed E-state index contributed by atoms with van der Waals surface area (Å²) >= 11 is 0. The Morgan fingerprint density at radius 2 is 1.70 bits per heavy atom. The van der Waals surface area contributed by atoms with Crippen molar-refractivity contribution in [1.29, 1.82) is 0 Å². The van der Waals surface area contributed by atoms with E-state index in [2.05, 4.69) is 0 Å². The summed E-state index contributed by atoms with van der Waals surface area (Å²) < 4.78 is 22.5. The first kappa shape index (κ1) is 25.2. The fourth-order valence-corrected chi connectivity index (χ4v) is 5.57. The number of benzene rings is 2. The Bertz CT molecular complexity index is 1140. The third-order valence-electron chi connectivity index (χ3n) is 7.38. The van der Waals surface area contributed by atoms with Gasteiger partial charge in [0.1, 0.15) is 12.6 Å². The molecule has 0 N–H and O–H groups in total. The predicted molar refractivity (Wildman–Crippen MR) is 138 cm³/mol. The minimum Gasteiger partial charge on any atom is -0.493 e. The lowest BCUT2D eigenvalue weighted by atomic mass is 9.96. The first-order valence-corrected chi connectivity index (χ1v) is 13.3. The molecule has 2 aromatic carbocycles. The Morgan fingerprint density at radius 3 is 2.43 bits per heavy atom. The molecule has 2 amide bonds. The lowest BCUT2D eigenvalue weighted by Crippen LogP contribution is -2.57. The number of piperazine rings is 1. The fraction of sp³-hybridized carbons (Fsp3) is 0.517. The first-order chi connectivity index (χ1) is 17.9. The second-order valence-corrected chi connectivity index (χ2v) is 10.3. The summed E-state index contributed by atoms with van der Waals surface area (Å²) in [5.41, 5.74) is 1.59. The minimum absolute atomic E-state index is 0.0223. The average molecular weight is 509 g/mol. The SMILES string of the molecule is COc1cc(C2C(=O)N(C3CCCCCC3)CC(=O)N2Cc2ccc3c(c2)OCO3)ccc1OC(C)C. The highest BCUT2D eigenvalue weighted by atomic mass is 16.7. The van der Waals surface area contributed by atoms with Crippen LogP contribution in [0.1, 0.15) is 69.5 Å². The molecule has 0 aromatic heterocycles. The normalized spacial score (nSPS) is 20.4. The molecule has 37 heavy (non-hydrogen) atoms. The summed E-state index contributed by atoms with van der Waals surface area (Å²) in [4.78, 5) is 31.4. The zero-order valence-corrected chi connectivity index (χ0v) is 21.9. The zero-order chi connectivity index (χ0) is 25.9. The van der Waals surface area contributed by atoms with Crippen LogP contribution in [0.25, 0.3) is 0 Å². The number of hydrogen-bond donors (Lipinski definition) is 0. The number of hydrogen-bond acceptors (Lipinski definition) is 6. The molecular weight excluding hydrogens is 472 g/mol. The van der Waals surface area contributed by atoms with Gasteiger partial charge < -0.3 is 28.7 Å². The molecule has 198 valence electrons. The molecule has 2 heterocycles. The fourth-order valence-electron chi connectivity index (χ4n) is 5.57. The second kappa shape index (κ2) is 10.9. The minimum atomic E-state index is -0.753. The summed E-state index contributed by atoms with van der Waals surface area (Å²) in [5.74, 6) is 2.40. The van der Waals surface area contributed by atoms with Crippen LogP contribution in [0.3, 0.4) is 0 Å². The smallest absolute Gasteiger partial charge is 0.250 e. The van der Waals surface area contributed by atoms with Gasteiger partial charge in [-0.3, -0.25) is 9.59 Å². The molecule has 1 atom stereocenters. The number of carbonyl (C=O) groups is 2. The highest BCUT2D eigenvalue weighted by molar-refractivity contribution is 5.96. The highest BCUT2D eigenvalue weighted by Crippen LogP contribution is 2.38. The summed E-state index contributed by atoms with van der Waals surface area (Å²) in [6.45, 7) is 4.49. The molecule has 1 saturated heterocycles. The molecular formula is C29H36N2O6. The van der Waals surface area contributed by atoms with Gasteiger partial charge in [-0.25, -0.2) is 0 Å². The van der Waals surface area contributed by atoms with Crippen LogP contribution in [-0.2, 0) is 16.1 Å². The Labute approximate surface area is 218 Å². The van der Waals surface area contributed by atoms with E-state index in [1.807, 2.05) is 55.1 Å². The first-order valence-electron chi connectivity index (χ1n) is 13.3. The number of nitrogens with zero attached hydrogens (tertiary/aromatic N) is 2. The lowest BCUT2D eigenvalue weighted by Gasteiger charge is -2.43. The van der Waals surface area contributed by atoms with E-state index in [4.69, 9.17) is 18.9 Å². The lowest BCUT2D eigenvalue weighted by molar-refractivity contribution is -0.159. The van der Waals surface area contributed by atoms with Gasteiger partial charge in [0, 0.05) is 12.6 Å². The molecule has 1 saturated carbocycles. The van der Waals surface area contributed by atoms with Gasteiger partial charge in [-0.1, -0.05) is 37.8 Å². The average Bonchev–Trinajstić information content (AvgIpc) is 3.18. The van der Waals surface area contributed by atoms with Crippen LogP contribution >= 0.6 is 0 Å². The van der Waals surface area contributed by atoms with Gasteiger partial charge in [-0.15, -0.1) is 0 Å². The van der Waals surface area contributed by atoms with E-state index in [9.17, 15) is 9.59 Å². The summed E-state index contributed by atoms with van der Waals surface area (Å²) in [6, 6.07) is 10.5. The molecule has 5 rings (SSSR count). The van der Waals surface area contributed by atoms with Crippen LogP contribution in [0, 0.1) is 0 Å². The molecule has 2 fully saturated rings. The quantitative estimate of drug-likeness (QED) is 0.498. The van der Waals surface area contributed by atoms with Gasteiger partial charge in [-0.2, -0.15) is 0 Å². The molecule has 8 nitrogen and oxygen atoms in total. The summed E-state index contributed by atoms with van der Waals surface area (Å²) in [5, 5.41) is 0. The van der Waals surface area contributed by atoms with Gasteiger partial charge in [-0.05, 0) is 62.1 Å². The number of rotatable bonds is 7. The predicted octanol–water partition coefficient (Wildman–Crippen LogP) is 4.85. The monoisotopic (exact) mass is 508 g/mol. The number of carbonyl (C=O) groups excluding carboxylic acids is 2. The Hall–Kier alpha value is -3.42. The van der Waals surface area contributed by atoms with Crippen molar-refractivity contribution in [2.24, 2.45) is 0 Å². The molecule has 0 bridgehead atoms. The molecule has 1 aliphatic carbocycles. The molecule has 0 spiro atoms. The van der Waals surface area contributed by atoms with Crippen molar-refractivity contribution in [1.82, 2.24) is 9.80 Å². The molecule has 0 radical (unpaired) electrons. The van der Waals surface area contributed by atoms with Crippen molar-refractivity contribution in [3.8, 4) is 23.0 Å². The summed E-state index contributed by atoms with van der Waals surface area (Å²) in [7, 11) is 1.59. The van der Waals surface area contributed by atoms with E-state index < -0.39 is 6.04 Å². The van der Waals surface area contributed by atoms with E-state index in [1.54, 1.807) is 12.0 Å². The van der Waals surface area contributed by atoms with Crippen LogP contribution in [-0.4, -0.2) is 54.2 Å². The number of ether oxygens (including phenoxy) is 4. The third kappa shape index (κ3) is 5.33. The van der Waals surface area contributed by atoms with Gasteiger partial charge >= 0.3 is 0 Å². The van der Waals surface area contributed by atoms with E-state index >= 15 is 0 Å². The topological polar surface area (TPSA) is 77.5 Å². The van der Waals surface area contributed by atoms with Crippen molar-refractivity contribution in [2.75, 3.05) is 20.4 Å². The van der Waals surface area contributed by atoms with E-state index in [1.165, 1.54) is 12.8 Å². The number of methoxy groups -OCH3 is 1. The standard InChI is InChI=1S/C29H36N2O6/c1-19(2)37-24-13-11-21(15-25(24)34-3)28-29(33)30(22-8-6-4-5-7-9-22)17-27(32)31(28)16-20-10-12-23-26(14-20)36-18-35-23/h10-15,19,22,28H,4-9,16-18H2,1-3H3. The highest BCUT2D eigenvalue weighted by Gasteiger charge is 2.43. The van der Waals surface area contributed by atoms with Gasteiger partial charge in [0.05, 0.1) is 13.2 Å². The molecule has 8 heteroatoms. The van der Waals surface area contributed by atoms with E-state index in [-0.39, 0.29) is 43.8 Å². The van der Waals surface area contributed by atoms with Crippen LogP contribution in [0.5, 0.6) is 23.0 Å². The maximum Gasteiger partial charge on any atom is 0.250 e. The zero-order valence-electron chi connectivity index (χ0n) is 21.9. The number of amides is 2. The molecule has 1 unspecified atom stereocenters. The third-order valence-corrected chi connectivity index (χ3v) is 7.38. The Balaban J connectivity index is 1.50. The van der Waals surface area contributed by atoms with Gasteiger partial charge in [0.25, 0.3) is 5.91 Å². The van der Waals surface area contributed by atoms with Crippen molar-refractivity contribution in [3.63, 3.8) is 0 Å². The van der Waals surface area contributed by atoms with Crippen LogP contribution in [0.15, 0.2) is 36.4 Å². The van der Waals surface area contributed by atoms with E-state index in [0.29, 0.717) is 28.6 Å². The van der Waals surface area contributed by atoms with Crippen LogP contribution in [0.2, 0.25) is 0 Å². The molecule has 2 aliphatic heterocycles. The van der Waals surface area contributed by atoms with Crippen molar-refractivity contribution in [2.45, 2.75) is 77.1 Å². The Morgan fingerprint density at radius 1 is 0.946 bits per heavy atom. The van der Waals surface area contributed by atoms with E-state index in [0.717, 1.165) is 31.2 Å². The van der Waals surface area contributed by atoms with Crippen molar-refractivity contribution >= 4 is 11.8 Å². The summed E-state index contributed by atoms with van der Waals surface area (Å²) in [6.07, 6.45) is 6.40.